The molecule has 0 aliphatic carbocycles. The fourth-order valence-electron chi connectivity index (χ4n) is 2.57. The number of ether oxygens (including phenoxy) is 1. The van der Waals surface area contributed by atoms with Gasteiger partial charge >= 0.3 is 5.97 Å². The van der Waals surface area contributed by atoms with Gasteiger partial charge in [-0.05, 0) is 43.2 Å². The first kappa shape index (κ1) is 21.8. The van der Waals surface area contributed by atoms with Crippen LogP contribution >= 0.6 is 15.9 Å². The van der Waals surface area contributed by atoms with Crippen molar-refractivity contribution in [2.75, 3.05) is 19.0 Å². The van der Waals surface area contributed by atoms with Crippen LogP contribution in [0, 0.1) is 5.41 Å². The SMILES string of the molecule is CCCN=C(CCCC(=O)OC)Nc1ccc(Br)cc1C(=N)c1ccccn1. The molecular formula is C21H25BrN4O2. The lowest BCUT2D eigenvalue weighted by Gasteiger charge is -2.15. The van der Waals surface area contributed by atoms with Gasteiger partial charge in [0.25, 0.3) is 0 Å². The molecule has 0 fully saturated rings. The first-order chi connectivity index (χ1) is 13.5. The molecule has 7 heteroatoms. The number of aliphatic imine (C=N–C) groups is 1. The summed E-state index contributed by atoms with van der Waals surface area (Å²) in [5.41, 5.74) is 2.44. The molecule has 2 N–H and O–H groups in total. The lowest BCUT2D eigenvalue weighted by atomic mass is 10.0. The quantitative estimate of drug-likeness (QED) is 0.329. The molecule has 1 heterocycles. The molecule has 1 aromatic carbocycles. The van der Waals surface area contributed by atoms with Gasteiger partial charge < -0.3 is 10.1 Å². The Morgan fingerprint density at radius 2 is 2.11 bits per heavy atom. The Hall–Kier alpha value is -2.54. The zero-order chi connectivity index (χ0) is 20.4. The highest BCUT2D eigenvalue weighted by molar-refractivity contribution is 9.10. The smallest absolute Gasteiger partial charge is 0.305 e. The number of pyridine rings is 1. The van der Waals surface area contributed by atoms with Crippen molar-refractivity contribution in [1.82, 2.24) is 4.98 Å². The molecule has 6 nitrogen and oxygen atoms in total. The van der Waals surface area contributed by atoms with Crippen molar-refractivity contribution in [3.8, 4) is 0 Å². The van der Waals surface area contributed by atoms with Gasteiger partial charge in [-0.3, -0.25) is 20.2 Å². The van der Waals surface area contributed by atoms with E-state index in [1.807, 2.05) is 36.4 Å². The highest BCUT2D eigenvalue weighted by Gasteiger charge is 2.14. The van der Waals surface area contributed by atoms with Gasteiger partial charge in [0.2, 0.25) is 0 Å². The molecule has 0 aliphatic rings. The van der Waals surface area contributed by atoms with Crippen LogP contribution in [0.4, 0.5) is 5.69 Å². The molecule has 0 spiro atoms. The maximum atomic E-state index is 11.4. The summed E-state index contributed by atoms with van der Waals surface area (Å²) in [6.45, 7) is 2.77. The van der Waals surface area contributed by atoms with Crippen LogP contribution in [0.3, 0.4) is 0 Å². The number of carbonyl (C=O) groups is 1. The van der Waals surface area contributed by atoms with Crippen LogP contribution in [0.5, 0.6) is 0 Å². The molecule has 1 aromatic heterocycles. The van der Waals surface area contributed by atoms with E-state index in [4.69, 9.17) is 10.1 Å². The first-order valence-electron chi connectivity index (χ1n) is 9.22. The summed E-state index contributed by atoms with van der Waals surface area (Å²) in [5, 5.41) is 11.9. The number of benzene rings is 1. The molecule has 2 aromatic rings. The number of aromatic nitrogens is 1. The first-order valence-corrected chi connectivity index (χ1v) is 10.0. The Balaban J connectivity index is 2.24. The Morgan fingerprint density at radius 3 is 2.79 bits per heavy atom. The van der Waals surface area contributed by atoms with Gasteiger partial charge in [-0.15, -0.1) is 0 Å². The molecule has 28 heavy (non-hydrogen) atoms. The predicted octanol–water partition coefficient (Wildman–Crippen LogP) is 4.82. The molecule has 0 bridgehead atoms. The van der Waals surface area contributed by atoms with E-state index in [1.54, 1.807) is 6.20 Å². The molecule has 2 rings (SSSR count). The number of anilines is 1. The number of esters is 1. The summed E-state index contributed by atoms with van der Waals surface area (Å²) >= 11 is 3.48. The number of nitrogens with one attached hydrogen (secondary N) is 2. The number of rotatable bonds is 9. The second-order valence-electron chi connectivity index (χ2n) is 6.16. The number of methoxy groups -OCH3 is 1. The summed E-state index contributed by atoms with van der Waals surface area (Å²) in [6, 6.07) is 11.2. The third-order valence-electron chi connectivity index (χ3n) is 4.00. The van der Waals surface area contributed by atoms with Crippen molar-refractivity contribution in [2.24, 2.45) is 4.99 Å². The maximum Gasteiger partial charge on any atom is 0.305 e. The van der Waals surface area contributed by atoms with E-state index in [0.717, 1.165) is 28.0 Å². The molecule has 0 aliphatic heterocycles. The standard InChI is InChI=1S/C21H25BrN4O2/c1-3-12-25-19(8-6-9-20(27)28-2)26-17-11-10-15(22)14-16(17)21(23)18-7-4-5-13-24-18/h4-5,7,10-11,13-14,23H,3,6,8-9,12H2,1-2H3,(H,25,26). The van der Waals surface area contributed by atoms with Gasteiger partial charge in [0, 0.05) is 41.3 Å². The average molecular weight is 445 g/mol. The van der Waals surface area contributed by atoms with Crippen LogP contribution in [0.1, 0.15) is 43.9 Å². The summed E-state index contributed by atoms with van der Waals surface area (Å²) in [7, 11) is 1.39. The van der Waals surface area contributed by atoms with E-state index in [2.05, 4.69) is 38.1 Å². The van der Waals surface area contributed by atoms with Crippen molar-refractivity contribution in [3.05, 3.63) is 58.3 Å². The van der Waals surface area contributed by atoms with Crippen molar-refractivity contribution in [1.29, 1.82) is 5.41 Å². The molecular weight excluding hydrogens is 420 g/mol. The third-order valence-corrected chi connectivity index (χ3v) is 4.49. The summed E-state index contributed by atoms with van der Waals surface area (Å²) in [6.07, 6.45) is 4.22. The van der Waals surface area contributed by atoms with E-state index in [0.29, 0.717) is 37.2 Å². The fourth-order valence-corrected chi connectivity index (χ4v) is 2.93. The van der Waals surface area contributed by atoms with Gasteiger partial charge in [-0.2, -0.15) is 0 Å². The van der Waals surface area contributed by atoms with Crippen molar-refractivity contribution in [2.45, 2.75) is 32.6 Å². The minimum atomic E-state index is -0.226. The largest absolute Gasteiger partial charge is 0.469 e. The lowest BCUT2D eigenvalue weighted by Crippen LogP contribution is -2.17. The number of carbonyl (C=O) groups excluding carboxylic acids is 1. The molecule has 148 valence electrons. The van der Waals surface area contributed by atoms with Crippen LogP contribution in [0.2, 0.25) is 0 Å². The highest BCUT2D eigenvalue weighted by atomic mass is 79.9. The summed E-state index contributed by atoms with van der Waals surface area (Å²) < 4.78 is 5.59. The van der Waals surface area contributed by atoms with Crippen LogP contribution < -0.4 is 5.32 Å². The summed E-state index contributed by atoms with van der Waals surface area (Å²) in [5.74, 6) is 0.569. The second-order valence-corrected chi connectivity index (χ2v) is 7.08. The lowest BCUT2D eigenvalue weighted by molar-refractivity contribution is -0.140. The Bertz CT molecular complexity index is 838. The number of hydrogen-bond donors (Lipinski definition) is 2. The Morgan fingerprint density at radius 1 is 1.29 bits per heavy atom. The minimum absolute atomic E-state index is 0.226. The predicted molar refractivity (Wildman–Crippen MR) is 116 cm³/mol. The van der Waals surface area contributed by atoms with Gasteiger partial charge in [-0.25, -0.2) is 0 Å². The van der Waals surface area contributed by atoms with Crippen molar-refractivity contribution < 1.29 is 9.53 Å². The van der Waals surface area contributed by atoms with Gasteiger partial charge in [0.15, 0.2) is 0 Å². The van der Waals surface area contributed by atoms with Crippen molar-refractivity contribution >= 4 is 39.1 Å². The van der Waals surface area contributed by atoms with E-state index in [9.17, 15) is 4.79 Å². The monoisotopic (exact) mass is 444 g/mol. The van der Waals surface area contributed by atoms with Crippen LogP contribution in [-0.4, -0.2) is 36.2 Å². The van der Waals surface area contributed by atoms with Crippen LogP contribution in [0.15, 0.2) is 52.1 Å². The third kappa shape index (κ3) is 6.56. The molecule has 0 saturated carbocycles. The molecule has 0 atom stereocenters. The molecule has 0 amide bonds. The molecule has 0 saturated heterocycles. The highest BCUT2D eigenvalue weighted by Crippen LogP contribution is 2.24. The van der Waals surface area contributed by atoms with Gasteiger partial charge in [0.1, 0.15) is 5.84 Å². The Kier molecular flexibility index (Phi) is 8.81. The summed E-state index contributed by atoms with van der Waals surface area (Å²) in [4.78, 5) is 20.3. The maximum absolute atomic E-state index is 11.4. The number of halogens is 1. The second kappa shape index (κ2) is 11.3. The van der Waals surface area contributed by atoms with E-state index < -0.39 is 0 Å². The minimum Gasteiger partial charge on any atom is -0.469 e. The number of amidine groups is 1. The number of hydrogen-bond acceptors (Lipinski definition) is 5. The fraction of sp³-hybridized carbons (Fsp3) is 0.333. The number of nitrogens with zero attached hydrogens (tertiary/aromatic N) is 2. The zero-order valence-corrected chi connectivity index (χ0v) is 17.8. The Labute approximate surface area is 174 Å². The molecule has 0 radical (unpaired) electrons. The topological polar surface area (TPSA) is 87.4 Å². The van der Waals surface area contributed by atoms with Crippen molar-refractivity contribution in [3.63, 3.8) is 0 Å². The van der Waals surface area contributed by atoms with Gasteiger partial charge in [-0.1, -0.05) is 28.9 Å². The van der Waals surface area contributed by atoms with Crippen LogP contribution in [0.25, 0.3) is 0 Å². The average Bonchev–Trinajstić information content (AvgIpc) is 2.72. The normalized spacial score (nSPS) is 11.2. The van der Waals surface area contributed by atoms with E-state index in [-0.39, 0.29) is 5.97 Å². The van der Waals surface area contributed by atoms with E-state index in [1.165, 1.54) is 7.11 Å². The van der Waals surface area contributed by atoms with Gasteiger partial charge in [0.05, 0.1) is 18.5 Å². The van der Waals surface area contributed by atoms with Crippen LogP contribution in [-0.2, 0) is 9.53 Å². The zero-order valence-electron chi connectivity index (χ0n) is 16.2. The van der Waals surface area contributed by atoms with E-state index >= 15 is 0 Å². The molecule has 0 unspecified atom stereocenters.